The lowest BCUT2D eigenvalue weighted by Crippen LogP contribution is -2.13. The van der Waals surface area contributed by atoms with Crippen molar-refractivity contribution in [1.82, 2.24) is 0 Å². The number of hydrogen-bond acceptors (Lipinski definition) is 4. The van der Waals surface area contributed by atoms with Gasteiger partial charge in [0.1, 0.15) is 6.42 Å². The SMILES string of the molecule is CCC=CBr.CCOC(=O)CC(=O)OCC. The third-order valence-electron chi connectivity index (χ3n) is 1.22. The van der Waals surface area contributed by atoms with Crippen LogP contribution in [-0.2, 0) is 19.1 Å². The van der Waals surface area contributed by atoms with E-state index >= 15 is 0 Å². The zero-order valence-corrected chi connectivity index (χ0v) is 11.6. The van der Waals surface area contributed by atoms with Crippen LogP contribution in [0.25, 0.3) is 0 Å². The van der Waals surface area contributed by atoms with Gasteiger partial charge in [-0.05, 0) is 25.3 Å². The van der Waals surface area contributed by atoms with Crippen molar-refractivity contribution in [1.29, 1.82) is 0 Å². The topological polar surface area (TPSA) is 52.6 Å². The lowest BCUT2D eigenvalue weighted by Gasteiger charge is -2.00. The molecule has 0 amide bonds. The van der Waals surface area contributed by atoms with Crippen molar-refractivity contribution in [3.63, 3.8) is 0 Å². The summed E-state index contributed by atoms with van der Waals surface area (Å²) in [4.78, 5) is 23.1. The number of rotatable bonds is 5. The Morgan fingerprint density at radius 2 is 1.50 bits per heavy atom. The van der Waals surface area contributed by atoms with E-state index in [-0.39, 0.29) is 19.6 Å². The Balaban J connectivity index is 0. The highest BCUT2D eigenvalue weighted by atomic mass is 79.9. The average Bonchev–Trinajstić information content (AvgIpc) is 2.20. The third-order valence-corrected chi connectivity index (χ3v) is 1.60. The normalized spacial score (nSPS) is 9.25. The van der Waals surface area contributed by atoms with Gasteiger partial charge >= 0.3 is 11.9 Å². The van der Waals surface area contributed by atoms with Crippen molar-refractivity contribution in [2.45, 2.75) is 33.6 Å². The van der Waals surface area contributed by atoms with Gasteiger partial charge in [-0.1, -0.05) is 28.9 Å². The second kappa shape index (κ2) is 14.2. The molecule has 0 aliphatic rings. The summed E-state index contributed by atoms with van der Waals surface area (Å²) in [5.41, 5.74) is 0. The largest absolute Gasteiger partial charge is 0.466 e. The van der Waals surface area contributed by atoms with Crippen LogP contribution >= 0.6 is 15.9 Å². The van der Waals surface area contributed by atoms with Crippen LogP contribution in [0.4, 0.5) is 0 Å². The van der Waals surface area contributed by atoms with Crippen LogP contribution in [0.5, 0.6) is 0 Å². The summed E-state index contributed by atoms with van der Waals surface area (Å²) in [6.45, 7) is 6.04. The van der Waals surface area contributed by atoms with Gasteiger partial charge < -0.3 is 9.47 Å². The van der Waals surface area contributed by atoms with E-state index in [4.69, 9.17) is 0 Å². The number of ether oxygens (including phenoxy) is 2. The van der Waals surface area contributed by atoms with Crippen LogP contribution in [0.2, 0.25) is 0 Å². The molecule has 0 saturated carbocycles. The third kappa shape index (κ3) is 15.6. The summed E-state index contributed by atoms with van der Waals surface area (Å²) in [5, 5.41) is 0. The molecule has 0 aromatic heterocycles. The van der Waals surface area contributed by atoms with Crippen LogP contribution in [0, 0.1) is 0 Å². The number of esters is 2. The molecule has 0 bridgehead atoms. The fourth-order valence-corrected chi connectivity index (χ4v) is 1.00. The van der Waals surface area contributed by atoms with E-state index in [0.717, 1.165) is 6.42 Å². The monoisotopic (exact) mass is 294 g/mol. The summed E-state index contributed by atoms with van der Waals surface area (Å²) in [6.07, 6.45) is 2.87. The van der Waals surface area contributed by atoms with E-state index in [2.05, 4.69) is 32.3 Å². The summed E-state index contributed by atoms with van der Waals surface area (Å²) in [7, 11) is 0. The fraction of sp³-hybridized carbons (Fsp3) is 0.636. The number of carbonyl (C=O) groups is 2. The molecule has 16 heavy (non-hydrogen) atoms. The van der Waals surface area contributed by atoms with Crippen LogP contribution in [0.1, 0.15) is 33.6 Å². The van der Waals surface area contributed by atoms with Crippen molar-refractivity contribution < 1.29 is 19.1 Å². The predicted molar refractivity (Wildman–Crippen MR) is 66.2 cm³/mol. The Kier molecular flexibility index (Phi) is 15.5. The second-order valence-electron chi connectivity index (χ2n) is 2.56. The molecule has 0 unspecified atom stereocenters. The maximum absolute atomic E-state index is 10.6. The minimum Gasteiger partial charge on any atom is -0.466 e. The van der Waals surface area contributed by atoms with Crippen molar-refractivity contribution in [3.8, 4) is 0 Å². The van der Waals surface area contributed by atoms with Gasteiger partial charge in [0.25, 0.3) is 0 Å². The molecule has 0 aliphatic carbocycles. The molecule has 0 saturated heterocycles. The molecular formula is C11H19BrO4. The van der Waals surface area contributed by atoms with E-state index < -0.39 is 11.9 Å². The van der Waals surface area contributed by atoms with Gasteiger partial charge in [0.15, 0.2) is 0 Å². The summed E-state index contributed by atoms with van der Waals surface area (Å²) >= 11 is 3.13. The molecule has 0 atom stereocenters. The molecule has 0 aromatic carbocycles. The van der Waals surface area contributed by atoms with Gasteiger partial charge in [0.2, 0.25) is 0 Å². The number of hydrogen-bond donors (Lipinski definition) is 0. The maximum Gasteiger partial charge on any atom is 0.317 e. The fourth-order valence-electron chi connectivity index (χ4n) is 0.631. The zero-order chi connectivity index (χ0) is 12.8. The van der Waals surface area contributed by atoms with Gasteiger partial charge in [-0.2, -0.15) is 0 Å². The molecule has 0 aromatic rings. The van der Waals surface area contributed by atoms with E-state index in [1.54, 1.807) is 13.8 Å². The molecule has 0 aliphatic heterocycles. The number of allylic oxidation sites excluding steroid dienone is 1. The highest BCUT2D eigenvalue weighted by Crippen LogP contribution is 1.89. The van der Waals surface area contributed by atoms with Gasteiger partial charge in [0, 0.05) is 0 Å². The van der Waals surface area contributed by atoms with Crippen molar-refractivity contribution >= 4 is 27.9 Å². The first-order chi connectivity index (χ1) is 7.62. The summed E-state index contributed by atoms with van der Waals surface area (Å²) < 4.78 is 9.04. The minimum absolute atomic E-state index is 0.290. The maximum atomic E-state index is 10.6. The molecule has 5 heteroatoms. The molecule has 4 nitrogen and oxygen atoms in total. The van der Waals surface area contributed by atoms with E-state index in [0.29, 0.717) is 0 Å². The first-order valence-corrected chi connectivity index (χ1v) is 6.10. The van der Waals surface area contributed by atoms with Crippen LogP contribution in [0.3, 0.4) is 0 Å². The molecular weight excluding hydrogens is 276 g/mol. The van der Waals surface area contributed by atoms with Gasteiger partial charge in [-0.15, -0.1) is 0 Å². The standard InChI is InChI=1S/C7H12O4.C4H7Br/c1-3-10-6(8)5-7(9)11-4-2;1-2-3-4-5/h3-5H2,1-2H3;3-4H,2H2,1H3. The first kappa shape index (κ1) is 17.6. The number of halogens is 1. The molecule has 94 valence electrons. The average molecular weight is 295 g/mol. The lowest BCUT2D eigenvalue weighted by molar-refractivity contribution is -0.153. The molecule has 0 N–H and O–H groups in total. The van der Waals surface area contributed by atoms with E-state index in [1.807, 2.05) is 11.1 Å². The Morgan fingerprint density at radius 1 is 1.06 bits per heavy atom. The molecule has 0 heterocycles. The van der Waals surface area contributed by atoms with E-state index in [9.17, 15) is 9.59 Å². The van der Waals surface area contributed by atoms with Crippen molar-refractivity contribution in [2.75, 3.05) is 13.2 Å². The Morgan fingerprint density at radius 3 is 1.69 bits per heavy atom. The van der Waals surface area contributed by atoms with Crippen molar-refractivity contribution in [2.24, 2.45) is 0 Å². The zero-order valence-electron chi connectivity index (χ0n) is 9.99. The molecule has 0 spiro atoms. The molecule has 0 radical (unpaired) electrons. The smallest absolute Gasteiger partial charge is 0.317 e. The first-order valence-electron chi connectivity index (χ1n) is 5.18. The quantitative estimate of drug-likeness (QED) is 0.578. The Labute approximate surface area is 105 Å². The Hall–Kier alpha value is -0.840. The molecule has 0 fully saturated rings. The van der Waals surface area contributed by atoms with Crippen molar-refractivity contribution in [3.05, 3.63) is 11.1 Å². The van der Waals surface area contributed by atoms with Crippen LogP contribution < -0.4 is 0 Å². The Bertz CT molecular complexity index is 198. The second-order valence-corrected chi connectivity index (χ2v) is 3.09. The highest BCUT2D eigenvalue weighted by molar-refractivity contribution is 9.11. The van der Waals surface area contributed by atoms with Gasteiger partial charge in [-0.25, -0.2) is 0 Å². The summed E-state index contributed by atoms with van der Waals surface area (Å²) in [6, 6.07) is 0. The van der Waals surface area contributed by atoms with Crippen LogP contribution in [0.15, 0.2) is 11.1 Å². The summed E-state index contributed by atoms with van der Waals surface area (Å²) in [5.74, 6) is -1.07. The van der Waals surface area contributed by atoms with Gasteiger partial charge in [0.05, 0.1) is 13.2 Å². The van der Waals surface area contributed by atoms with E-state index in [1.165, 1.54) is 0 Å². The minimum atomic E-state index is -0.536. The lowest BCUT2D eigenvalue weighted by atomic mass is 10.4. The number of carbonyl (C=O) groups excluding carboxylic acids is 2. The molecule has 0 rings (SSSR count). The predicted octanol–water partition coefficient (Wildman–Crippen LogP) is 2.81. The highest BCUT2D eigenvalue weighted by Gasteiger charge is 2.09. The van der Waals surface area contributed by atoms with Crippen LogP contribution in [-0.4, -0.2) is 25.2 Å². The van der Waals surface area contributed by atoms with Gasteiger partial charge in [-0.3, -0.25) is 9.59 Å².